The molecule has 21 nitrogen and oxygen atoms in total. The van der Waals surface area contributed by atoms with Crippen molar-refractivity contribution in [2.24, 2.45) is 27.9 Å². The summed E-state index contributed by atoms with van der Waals surface area (Å²) in [7, 11) is -6.49. The monoisotopic (exact) mass is 646 g/mol. The molecule has 1 aliphatic carbocycles. The second-order valence-corrected chi connectivity index (χ2v) is 10.7. The lowest BCUT2D eigenvalue weighted by molar-refractivity contribution is -0.267. The lowest BCUT2D eigenvalue weighted by atomic mass is 9.80. The Labute approximate surface area is 237 Å². The summed E-state index contributed by atoms with van der Waals surface area (Å²) >= 11 is 0. The maximum Gasteiger partial charge on any atom is 0.394 e. The Morgan fingerprint density at radius 2 is 1.56 bits per heavy atom. The highest BCUT2D eigenvalue weighted by atomic mass is 32.3. The van der Waals surface area contributed by atoms with E-state index in [1.807, 2.05) is 6.92 Å². The summed E-state index contributed by atoms with van der Waals surface area (Å²) < 4.78 is 80.4. The van der Waals surface area contributed by atoms with Gasteiger partial charge in [0, 0.05) is 20.2 Å². The molecule has 0 bridgehead atoms. The number of amides is 1. The molecule has 41 heavy (non-hydrogen) atoms. The Kier molecular flexibility index (Phi) is 18.3. The van der Waals surface area contributed by atoms with Gasteiger partial charge in [0.15, 0.2) is 6.29 Å². The van der Waals surface area contributed by atoms with Crippen LogP contribution in [0.25, 0.3) is 0 Å². The fourth-order valence-electron chi connectivity index (χ4n) is 4.05. The van der Waals surface area contributed by atoms with Gasteiger partial charge in [-0.25, -0.2) is 0 Å². The first kappa shape index (κ1) is 41.5. The first-order valence-electron chi connectivity index (χ1n) is 11.5. The Morgan fingerprint density at radius 1 is 1.07 bits per heavy atom. The summed E-state index contributed by atoms with van der Waals surface area (Å²) in [6.45, 7) is 1.61. The molecule has 0 aromatic heterocycles. The third-order valence-electron chi connectivity index (χ3n) is 5.90. The van der Waals surface area contributed by atoms with E-state index in [0.29, 0.717) is 12.8 Å². The van der Waals surface area contributed by atoms with Crippen LogP contribution in [-0.2, 0) is 39.8 Å². The lowest BCUT2D eigenvalue weighted by Gasteiger charge is -2.50. The van der Waals surface area contributed by atoms with E-state index in [4.69, 9.17) is 72.2 Å². The van der Waals surface area contributed by atoms with Crippen LogP contribution in [0.5, 0.6) is 0 Å². The predicted molar refractivity (Wildman–Crippen MR) is 141 cm³/mol. The first-order chi connectivity index (χ1) is 18.1. The molecule has 0 aromatic rings. The van der Waals surface area contributed by atoms with Gasteiger partial charge in [0.25, 0.3) is 0 Å². The smallest absolute Gasteiger partial charge is 0.394 e. The number of likely N-dealkylation sites (N-methyl/N-ethyl adjacent to an activating group) is 1. The van der Waals surface area contributed by atoms with Crippen LogP contribution in [0.3, 0.4) is 0 Å². The number of nitrogens with two attached hydrogens (primary N) is 4. The van der Waals surface area contributed by atoms with Gasteiger partial charge in [-0.2, -0.15) is 16.8 Å². The van der Waals surface area contributed by atoms with E-state index in [0.717, 1.165) is 6.34 Å². The van der Waals surface area contributed by atoms with Gasteiger partial charge in [0.1, 0.15) is 24.9 Å². The Hall–Kier alpha value is -1.68. The average molecular weight is 647 g/mol. The van der Waals surface area contributed by atoms with E-state index in [1.54, 1.807) is 0 Å². The number of carbonyl (C=O) groups excluding carboxylic acids is 1. The molecule has 0 aromatic carbocycles. The number of rotatable bonds is 7. The average Bonchev–Trinajstić information content (AvgIpc) is 2.80. The van der Waals surface area contributed by atoms with Crippen LogP contribution in [0.15, 0.2) is 4.99 Å². The van der Waals surface area contributed by atoms with Crippen LogP contribution >= 0.6 is 0 Å². The first-order valence-corrected chi connectivity index (χ1v) is 14.2. The zero-order valence-electron chi connectivity index (χ0n) is 22.4. The van der Waals surface area contributed by atoms with Gasteiger partial charge in [-0.1, -0.05) is 0 Å². The standard InChI is InChI=1S/C18H36N6O6.2H2O4S.H2O/c1-8(20)10-5-4-9(21)18(29-10)30-16-12(22)14(26)17(28-3)13(15(16)27)24(2)11(25)6-23-7-19;2*1-5(2,3)4;/h7-10,12-18,26-27H,4-6,20-22H2,1-3H3,(H2,19,23);2*(H2,1,2,3,4);1H2/t8?,9-,10-,12+,13+,14+,15-,16-,17-,18-;;;/m1.../s1. The van der Waals surface area contributed by atoms with Crippen LogP contribution in [0.2, 0.25) is 0 Å². The van der Waals surface area contributed by atoms with Crippen LogP contribution in [-0.4, -0.2) is 150 Å². The summed E-state index contributed by atoms with van der Waals surface area (Å²) in [5.74, 6) is -0.424. The molecule has 1 amide bonds. The number of aliphatic imine (C=N–C) groups is 1. The maximum atomic E-state index is 12.4. The molecule has 0 radical (unpaired) electrons. The van der Waals surface area contributed by atoms with E-state index in [-0.39, 0.29) is 24.2 Å². The zero-order valence-corrected chi connectivity index (χ0v) is 24.1. The molecule has 23 heteroatoms. The fraction of sp³-hybridized carbons (Fsp3) is 0.889. The molecule has 1 saturated heterocycles. The quantitative estimate of drug-likeness (QED) is 0.0699. The highest BCUT2D eigenvalue weighted by Gasteiger charge is 2.53. The third-order valence-corrected chi connectivity index (χ3v) is 5.90. The van der Waals surface area contributed by atoms with Gasteiger partial charge in [-0.05, 0) is 19.8 Å². The highest BCUT2D eigenvalue weighted by Crippen LogP contribution is 2.31. The Morgan fingerprint density at radius 3 is 1.98 bits per heavy atom. The number of aliphatic hydroxyl groups excluding tert-OH is 2. The van der Waals surface area contributed by atoms with Crippen molar-refractivity contribution in [1.82, 2.24) is 4.90 Å². The molecule has 10 atom stereocenters. The molecule has 246 valence electrons. The van der Waals surface area contributed by atoms with Crippen molar-refractivity contribution in [1.29, 1.82) is 0 Å². The van der Waals surface area contributed by atoms with E-state index < -0.39 is 75.5 Å². The highest BCUT2D eigenvalue weighted by molar-refractivity contribution is 7.80. The third kappa shape index (κ3) is 15.4. The van der Waals surface area contributed by atoms with E-state index in [2.05, 4.69) is 4.99 Å². The Bertz CT molecular complexity index is 972. The second kappa shape index (κ2) is 18.1. The topological polar surface area (TPSA) is 386 Å². The van der Waals surface area contributed by atoms with Gasteiger partial charge in [-0.15, -0.1) is 0 Å². The lowest BCUT2D eigenvalue weighted by Crippen LogP contribution is -2.72. The van der Waals surface area contributed by atoms with Crippen molar-refractivity contribution in [2.75, 3.05) is 20.7 Å². The zero-order chi connectivity index (χ0) is 31.6. The number of nitrogens with zero attached hydrogens (tertiary/aromatic N) is 2. The van der Waals surface area contributed by atoms with Crippen LogP contribution in [0.1, 0.15) is 19.8 Å². The van der Waals surface area contributed by atoms with Crippen LogP contribution in [0.4, 0.5) is 0 Å². The van der Waals surface area contributed by atoms with Crippen molar-refractivity contribution >= 4 is 33.0 Å². The maximum absolute atomic E-state index is 12.4. The summed E-state index contributed by atoms with van der Waals surface area (Å²) in [5.41, 5.74) is 23.5. The largest absolute Gasteiger partial charge is 0.412 e. The molecule has 1 heterocycles. The molecule has 2 aliphatic rings. The summed E-state index contributed by atoms with van der Waals surface area (Å²) in [5, 5.41) is 21.8. The minimum Gasteiger partial charge on any atom is -0.412 e. The van der Waals surface area contributed by atoms with Gasteiger partial charge >= 0.3 is 20.8 Å². The predicted octanol–water partition coefficient (Wildman–Crippen LogP) is -5.69. The van der Waals surface area contributed by atoms with Gasteiger partial charge < -0.3 is 57.7 Å². The molecule has 16 N–H and O–H groups in total. The molecule has 2 rings (SSSR count). The number of methoxy groups -OCH3 is 1. The van der Waals surface area contributed by atoms with Crippen molar-refractivity contribution < 1.29 is 69.7 Å². The van der Waals surface area contributed by atoms with E-state index in [1.165, 1.54) is 19.1 Å². The molecule has 1 aliphatic heterocycles. The number of ether oxygens (including phenoxy) is 3. The second-order valence-electron chi connectivity index (χ2n) is 8.88. The summed E-state index contributed by atoms with van der Waals surface area (Å²) in [6.07, 6.45) is -3.29. The van der Waals surface area contributed by atoms with Gasteiger partial charge in [0.05, 0.1) is 36.7 Å². The van der Waals surface area contributed by atoms with Crippen LogP contribution in [0, 0.1) is 0 Å². The molecular formula is C18H42N6O15S2. The number of hydrogen-bond acceptors (Lipinski definition) is 14. The van der Waals surface area contributed by atoms with Crippen molar-refractivity contribution in [3.63, 3.8) is 0 Å². The summed E-state index contributed by atoms with van der Waals surface area (Å²) in [4.78, 5) is 17.4. The van der Waals surface area contributed by atoms with Crippen molar-refractivity contribution in [2.45, 2.75) is 80.7 Å². The molecule has 2 fully saturated rings. The molecule has 0 spiro atoms. The number of carbonyl (C=O) groups is 1. The van der Waals surface area contributed by atoms with Crippen LogP contribution < -0.4 is 22.9 Å². The van der Waals surface area contributed by atoms with E-state index in [9.17, 15) is 15.0 Å². The molecule has 1 unspecified atom stereocenters. The van der Waals surface area contributed by atoms with Gasteiger partial charge in [0.2, 0.25) is 5.91 Å². The SMILES string of the molecule is CO[C@H]1[C@@H](O)[C@H](N)[C@@H](O[C@H]2O[C@@H](C(C)N)CC[C@H]2N)[C@H](O)[C@@H]1N(C)C(=O)CN=CN.O.O=S(=O)(O)O.O=S(=O)(O)O. The summed E-state index contributed by atoms with van der Waals surface area (Å²) in [6, 6.07) is -2.62. The number of aliphatic hydroxyl groups is 2. The molecular weight excluding hydrogens is 604 g/mol. The van der Waals surface area contributed by atoms with Gasteiger partial charge in [-0.3, -0.25) is 28.0 Å². The van der Waals surface area contributed by atoms with Crippen molar-refractivity contribution in [3.8, 4) is 0 Å². The minimum atomic E-state index is -4.67. The van der Waals surface area contributed by atoms with E-state index >= 15 is 0 Å². The molecule has 1 saturated carbocycles. The fourth-order valence-corrected chi connectivity index (χ4v) is 4.05. The number of hydrogen-bond donors (Lipinski definition) is 10. The minimum absolute atomic E-state index is 0. The Balaban J connectivity index is 0. The van der Waals surface area contributed by atoms with Crippen molar-refractivity contribution in [3.05, 3.63) is 0 Å². The normalized spacial score (nSPS) is 32.8.